The van der Waals surface area contributed by atoms with E-state index in [0.29, 0.717) is 0 Å². The average Bonchev–Trinajstić information content (AvgIpc) is 2.99. The van der Waals surface area contributed by atoms with Crippen LogP contribution in [0.1, 0.15) is 116 Å². The van der Waals surface area contributed by atoms with Crippen LogP contribution in [0, 0.1) is 27.7 Å². The van der Waals surface area contributed by atoms with Gasteiger partial charge >= 0.3 is 8.24 Å². The van der Waals surface area contributed by atoms with Crippen molar-refractivity contribution in [2.45, 2.75) is 132 Å². The van der Waals surface area contributed by atoms with Gasteiger partial charge in [-0.2, -0.15) is 0 Å². The molecule has 0 atom stereocenters. The molecule has 0 amide bonds. The second kappa shape index (κ2) is 11.3. The molecular formula is C38H54O3P2. The summed E-state index contributed by atoms with van der Waals surface area (Å²) in [6.07, 6.45) is 0. The predicted octanol–water partition coefficient (Wildman–Crippen LogP) is 12.7. The van der Waals surface area contributed by atoms with E-state index in [2.05, 4.69) is 147 Å². The maximum absolute atomic E-state index is 7.03. The highest BCUT2D eigenvalue weighted by molar-refractivity contribution is 7.68. The molecular weight excluding hydrogens is 566 g/mol. The van der Waals surface area contributed by atoms with Crippen molar-refractivity contribution in [3.05, 3.63) is 69.8 Å². The quantitative estimate of drug-likeness (QED) is 0.214. The fourth-order valence-electron chi connectivity index (χ4n) is 6.42. The molecule has 0 N–H and O–H groups in total. The topological polar surface area (TPSA) is 35.5 Å². The Bertz CT molecular complexity index is 1610. The summed E-state index contributed by atoms with van der Waals surface area (Å²) in [6.45, 7) is 36.5. The third kappa shape index (κ3) is 6.60. The van der Waals surface area contributed by atoms with Crippen LogP contribution >= 0.6 is 16.2 Å². The number of hydrogen-bond acceptors (Lipinski definition) is 3. The van der Waals surface area contributed by atoms with Gasteiger partial charge in [0.05, 0.1) is 0 Å². The van der Waals surface area contributed by atoms with Crippen molar-refractivity contribution in [1.29, 1.82) is 0 Å². The second-order valence-corrected chi connectivity index (χ2v) is 21.1. The second-order valence-electron chi connectivity index (χ2n) is 16.3. The molecule has 0 bridgehead atoms. The molecule has 3 aromatic carbocycles. The lowest BCUT2D eigenvalue weighted by Gasteiger charge is -2.42. The monoisotopic (exact) mass is 620 g/mol. The zero-order valence-corrected chi connectivity index (χ0v) is 31.4. The molecule has 0 aliphatic heterocycles. The molecule has 4 aromatic rings. The van der Waals surface area contributed by atoms with E-state index in [1.54, 1.807) is 0 Å². The minimum absolute atomic E-state index is 0.0900. The van der Waals surface area contributed by atoms with Crippen molar-refractivity contribution >= 4 is 43.4 Å². The van der Waals surface area contributed by atoms with E-state index in [1.165, 1.54) is 38.7 Å². The number of rotatable bonds is 3. The van der Waals surface area contributed by atoms with Crippen LogP contribution in [0.4, 0.5) is 0 Å². The van der Waals surface area contributed by atoms with Gasteiger partial charge in [-0.15, -0.1) is 0 Å². The molecule has 43 heavy (non-hydrogen) atoms. The van der Waals surface area contributed by atoms with Crippen LogP contribution in [0.3, 0.4) is 0 Å². The van der Waals surface area contributed by atoms with E-state index in [9.17, 15) is 0 Å². The van der Waals surface area contributed by atoms with Crippen molar-refractivity contribution < 1.29 is 12.9 Å². The molecule has 0 fully saturated rings. The number of aryl methyl sites for hydroxylation is 4. The summed E-state index contributed by atoms with van der Waals surface area (Å²) in [4.78, 5) is 0. The number of para-hydroxylation sites is 1. The van der Waals surface area contributed by atoms with Crippen LogP contribution in [-0.2, 0) is 10.8 Å². The van der Waals surface area contributed by atoms with Crippen LogP contribution in [0.25, 0.3) is 21.9 Å². The summed E-state index contributed by atoms with van der Waals surface area (Å²) in [5.74, 6) is 0.858. The van der Waals surface area contributed by atoms with Crippen molar-refractivity contribution in [1.82, 2.24) is 0 Å². The largest absolute Gasteiger partial charge is 0.453 e. The lowest BCUT2D eigenvalue weighted by atomic mass is 9.81. The van der Waals surface area contributed by atoms with Crippen molar-refractivity contribution in [2.24, 2.45) is 0 Å². The highest BCUT2D eigenvalue weighted by Crippen LogP contribution is 2.60. The summed E-state index contributed by atoms with van der Waals surface area (Å²) >= 11 is 0. The van der Waals surface area contributed by atoms with Crippen LogP contribution in [0.15, 0.2) is 44.8 Å². The Balaban J connectivity index is 2.23. The van der Waals surface area contributed by atoms with Gasteiger partial charge in [0.25, 0.3) is 0 Å². The van der Waals surface area contributed by atoms with E-state index in [-0.39, 0.29) is 21.1 Å². The van der Waals surface area contributed by atoms with E-state index in [1.807, 2.05) is 0 Å². The highest BCUT2D eigenvalue weighted by Gasteiger charge is 2.38. The average molecular weight is 621 g/mol. The Morgan fingerprint density at radius 3 is 1.37 bits per heavy atom. The third-order valence-electron chi connectivity index (χ3n) is 8.42. The Morgan fingerprint density at radius 1 is 0.605 bits per heavy atom. The van der Waals surface area contributed by atoms with Gasteiger partial charge in [0.1, 0.15) is 16.9 Å². The zero-order valence-electron chi connectivity index (χ0n) is 29.6. The SMILES string of the molecule is Cc1cc(C(C)(C)C)c2op(Oc3ccccc3P(C(C)(C)C)C(C)(C)C)oc3c(C(C)(C)C)cc(C)c(C)c3c2c1C. The first-order chi connectivity index (χ1) is 19.5. The van der Waals surface area contributed by atoms with Crippen molar-refractivity contribution in [3.8, 4) is 5.75 Å². The summed E-state index contributed by atoms with van der Waals surface area (Å²) in [6, 6.07) is 13.1. The molecule has 0 aliphatic carbocycles. The highest BCUT2D eigenvalue weighted by atomic mass is 31.1. The van der Waals surface area contributed by atoms with E-state index < -0.39 is 16.2 Å². The third-order valence-corrected chi connectivity index (χ3v) is 13.0. The molecule has 5 heteroatoms. The molecule has 234 valence electrons. The summed E-state index contributed by atoms with van der Waals surface area (Å²) in [7, 11) is -2.41. The van der Waals surface area contributed by atoms with Crippen molar-refractivity contribution in [2.75, 3.05) is 0 Å². The van der Waals surface area contributed by atoms with Gasteiger partial charge in [-0.05, 0) is 77.2 Å². The Kier molecular flexibility index (Phi) is 8.85. The number of hydrogen-bond donors (Lipinski definition) is 0. The summed E-state index contributed by atoms with van der Waals surface area (Å²) in [5.41, 5.74) is 8.83. The van der Waals surface area contributed by atoms with Gasteiger partial charge in [-0.1, -0.05) is 121 Å². The Labute approximate surface area is 263 Å². The first-order valence-electron chi connectivity index (χ1n) is 15.6. The molecule has 0 aliphatic rings. The fraction of sp³-hybridized carbons (Fsp3) is 0.526. The number of fused-ring (bicyclic) bond motifs is 3. The van der Waals surface area contributed by atoms with Gasteiger partial charge in [-0.25, -0.2) is 0 Å². The molecule has 3 nitrogen and oxygen atoms in total. The Morgan fingerprint density at radius 2 is 1.00 bits per heavy atom. The minimum atomic E-state index is -1.82. The summed E-state index contributed by atoms with van der Waals surface area (Å²) in [5, 5.41) is 3.71. The predicted molar refractivity (Wildman–Crippen MR) is 191 cm³/mol. The zero-order chi connectivity index (χ0) is 32.4. The normalized spacial score (nSPS) is 13.3. The van der Waals surface area contributed by atoms with Crippen LogP contribution in [-0.4, -0.2) is 10.3 Å². The number of benzene rings is 3. The van der Waals surface area contributed by atoms with Gasteiger partial charge in [-0.3, -0.25) is 0 Å². The van der Waals surface area contributed by atoms with Gasteiger partial charge < -0.3 is 12.9 Å². The lowest BCUT2D eigenvalue weighted by Crippen LogP contribution is -2.31. The molecule has 0 saturated heterocycles. The maximum atomic E-state index is 7.03. The van der Waals surface area contributed by atoms with Crippen LogP contribution < -0.4 is 9.83 Å². The van der Waals surface area contributed by atoms with Gasteiger partial charge in [0, 0.05) is 27.2 Å². The van der Waals surface area contributed by atoms with E-state index >= 15 is 0 Å². The molecule has 4 rings (SSSR count). The standard InChI is InChI=1S/C38H54O3P2/c1-23-21-27(35(5,6)7)33-31(25(23)3)32-26(4)24(2)22-28(36(8,9)10)34(32)41-43(40-33)39-29-19-17-18-20-30(29)42(37(11,12)13)38(14,15)16/h17-22H,1-16H3. The van der Waals surface area contributed by atoms with Crippen LogP contribution in [0.5, 0.6) is 5.75 Å². The first kappa shape index (κ1) is 33.7. The molecule has 0 saturated carbocycles. The lowest BCUT2D eigenvalue weighted by molar-refractivity contribution is 0.490. The smallest absolute Gasteiger partial charge is 0.390 e. The van der Waals surface area contributed by atoms with E-state index in [0.717, 1.165) is 27.7 Å². The van der Waals surface area contributed by atoms with Crippen LogP contribution in [0.2, 0.25) is 0 Å². The summed E-state index contributed by atoms with van der Waals surface area (Å²) < 4.78 is 21.0. The molecule has 0 spiro atoms. The molecule has 0 radical (unpaired) electrons. The van der Waals surface area contributed by atoms with Gasteiger partial charge in [0.2, 0.25) is 0 Å². The Hall–Kier alpha value is -2.21. The van der Waals surface area contributed by atoms with Crippen molar-refractivity contribution in [3.63, 3.8) is 0 Å². The maximum Gasteiger partial charge on any atom is 0.453 e. The molecule has 0 unspecified atom stereocenters. The first-order valence-corrected chi connectivity index (χ1v) is 18.0. The van der Waals surface area contributed by atoms with Gasteiger partial charge in [0.15, 0.2) is 0 Å². The molecule has 1 aromatic heterocycles. The van der Waals surface area contributed by atoms with E-state index in [4.69, 9.17) is 12.9 Å². The molecule has 1 heterocycles. The fourth-order valence-corrected chi connectivity index (χ4v) is 11.6. The minimum Gasteiger partial charge on any atom is -0.390 e.